The summed E-state index contributed by atoms with van der Waals surface area (Å²) in [6.07, 6.45) is 4.43. The van der Waals surface area contributed by atoms with E-state index in [1.165, 1.54) is 27.1 Å². The normalized spacial score (nSPS) is 19.3. The van der Waals surface area contributed by atoms with E-state index in [1.807, 2.05) is 0 Å². The molecule has 0 saturated heterocycles. The van der Waals surface area contributed by atoms with Gasteiger partial charge in [-0.3, -0.25) is 33.8 Å². The van der Waals surface area contributed by atoms with Crippen molar-refractivity contribution in [1.82, 2.24) is 24.5 Å². The molecule has 14 nitrogen and oxygen atoms in total. The van der Waals surface area contributed by atoms with Crippen molar-refractivity contribution in [3.63, 3.8) is 0 Å². The molecule has 0 bridgehead atoms. The lowest BCUT2D eigenvalue weighted by atomic mass is 10.3. The van der Waals surface area contributed by atoms with Gasteiger partial charge in [-0.25, -0.2) is 0 Å². The first-order chi connectivity index (χ1) is 16.5. The number of aliphatic carboxylic acids is 4. The van der Waals surface area contributed by atoms with Crippen LogP contribution in [0, 0.1) is 0 Å². The molecule has 1 aliphatic carbocycles. The van der Waals surface area contributed by atoms with Crippen molar-refractivity contribution < 1.29 is 44.4 Å². The first kappa shape index (κ1) is 27.9. The number of carboxylic acids is 4. The minimum atomic E-state index is -1.10. The van der Waals surface area contributed by atoms with Crippen LogP contribution in [-0.2, 0) is 24.0 Å². The Morgan fingerprint density at radius 1 is 0.629 bits per heavy atom. The molecule has 4 N–H and O–H groups in total. The van der Waals surface area contributed by atoms with Crippen LogP contribution in [0.25, 0.3) is 0 Å². The SMILES string of the molecule is O=C(O)CN1/C=C\N(CC(=O)O)CCN(CC(=O)N(CC(=O)O)C2CC2)CCN(CC(=O)O)CC1. The fraction of sp³-hybridized carbons (Fsp3) is 0.667. The molecule has 14 heteroatoms. The van der Waals surface area contributed by atoms with Gasteiger partial charge in [-0.2, -0.15) is 0 Å². The molecule has 0 aromatic rings. The Balaban J connectivity index is 2.19. The minimum Gasteiger partial charge on any atom is -0.480 e. The Morgan fingerprint density at radius 2 is 1.06 bits per heavy atom. The Kier molecular flexibility index (Phi) is 10.7. The molecule has 0 atom stereocenters. The van der Waals surface area contributed by atoms with Gasteiger partial charge in [-0.05, 0) is 12.8 Å². The van der Waals surface area contributed by atoms with Gasteiger partial charge >= 0.3 is 23.9 Å². The first-order valence-corrected chi connectivity index (χ1v) is 11.3. The largest absolute Gasteiger partial charge is 0.480 e. The second-order valence-electron chi connectivity index (χ2n) is 8.62. The molecule has 2 rings (SSSR count). The fourth-order valence-electron chi connectivity index (χ4n) is 3.74. The lowest BCUT2D eigenvalue weighted by molar-refractivity contribution is -0.145. The topological polar surface area (TPSA) is 182 Å². The standard InChI is InChI=1S/C21H33N5O9/c27-17(26(15-21(34)35)16-1-2-16)11-22-3-5-23(12-18(28)29)7-9-25(14-20(32)33)10-8-24(6-4-22)13-19(30)31/h7,9,16H,1-6,8,10-15H2,(H,28,29)(H,30,31)(H,32,33)(H,34,35)/b9-7-. The van der Waals surface area contributed by atoms with E-state index >= 15 is 0 Å². The van der Waals surface area contributed by atoms with Crippen LogP contribution >= 0.6 is 0 Å². The second-order valence-corrected chi connectivity index (χ2v) is 8.62. The van der Waals surface area contributed by atoms with Gasteiger partial charge in [0.25, 0.3) is 0 Å². The van der Waals surface area contributed by atoms with Crippen molar-refractivity contribution >= 4 is 29.8 Å². The summed E-state index contributed by atoms with van der Waals surface area (Å²) < 4.78 is 0. The molecular weight excluding hydrogens is 466 g/mol. The fourth-order valence-corrected chi connectivity index (χ4v) is 3.74. The molecule has 1 amide bonds. The van der Waals surface area contributed by atoms with Crippen molar-refractivity contribution in [2.75, 3.05) is 72.0 Å². The lowest BCUT2D eigenvalue weighted by Gasteiger charge is -2.32. The molecule has 0 aromatic heterocycles. The zero-order valence-corrected chi connectivity index (χ0v) is 19.5. The molecule has 1 fully saturated rings. The summed E-state index contributed by atoms with van der Waals surface area (Å²) in [6, 6.07) is -0.0961. The number of rotatable bonds is 11. The Bertz CT molecular complexity index is 817. The Morgan fingerprint density at radius 3 is 1.46 bits per heavy atom. The smallest absolute Gasteiger partial charge is 0.323 e. The highest BCUT2D eigenvalue weighted by Gasteiger charge is 2.34. The van der Waals surface area contributed by atoms with E-state index in [-0.39, 0.29) is 77.4 Å². The average molecular weight is 500 g/mol. The Hall–Kier alpha value is -3.39. The monoisotopic (exact) mass is 499 g/mol. The van der Waals surface area contributed by atoms with Gasteiger partial charge in [0, 0.05) is 57.7 Å². The predicted molar refractivity (Wildman–Crippen MR) is 120 cm³/mol. The van der Waals surface area contributed by atoms with Gasteiger partial charge in [0.1, 0.15) is 19.6 Å². The summed E-state index contributed by atoms with van der Waals surface area (Å²) in [5.41, 5.74) is 0. The molecule has 1 aliphatic heterocycles. The van der Waals surface area contributed by atoms with Crippen LogP contribution in [0.5, 0.6) is 0 Å². The number of hydrogen-bond acceptors (Lipinski definition) is 9. The van der Waals surface area contributed by atoms with Crippen LogP contribution in [0.1, 0.15) is 12.8 Å². The van der Waals surface area contributed by atoms with E-state index in [0.29, 0.717) is 0 Å². The third kappa shape index (κ3) is 11.1. The van der Waals surface area contributed by atoms with Crippen molar-refractivity contribution in [1.29, 1.82) is 0 Å². The molecule has 0 radical (unpaired) electrons. The number of carboxylic acid groups (broad SMARTS) is 4. The summed E-state index contributed by atoms with van der Waals surface area (Å²) in [4.78, 5) is 65.6. The molecule has 1 saturated carbocycles. The quantitative estimate of drug-likeness (QED) is 0.245. The van der Waals surface area contributed by atoms with Crippen LogP contribution in [0.15, 0.2) is 12.4 Å². The molecule has 0 aromatic carbocycles. The maximum absolute atomic E-state index is 12.9. The third-order valence-electron chi connectivity index (χ3n) is 5.64. The summed E-state index contributed by atoms with van der Waals surface area (Å²) in [7, 11) is 0. The molecule has 196 valence electrons. The van der Waals surface area contributed by atoms with Crippen LogP contribution in [-0.4, -0.2) is 153 Å². The summed E-state index contributed by atoms with van der Waals surface area (Å²) in [6.45, 7) is 0.0343. The summed E-state index contributed by atoms with van der Waals surface area (Å²) in [5, 5.41) is 36.8. The van der Waals surface area contributed by atoms with Crippen molar-refractivity contribution in [3.8, 4) is 0 Å². The highest BCUT2D eigenvalue weighted by molar-refractivity contribution is 5.83. The highest BCUT2D eigenvalue weighted by Crippen LogP contribution is 2.26. The highest BCUT2D eigenvalue weighted by atomic mass is 16.4. The molecule has 0 spiro atoms. The maximum atomic E-state index is 12.9. The summed E-state index contributed by atoms with van der Waals surface area (Å²) in [5.74, 6) is -4.66. The molecule has 2 aliphatic rings. The molecule has 35 heavy (non-hydrogen) atoms. The van der Waals surface area contributed by atoms with Gasteiger partial charge in [0.2, 0.25) is 5.91 Å². The second kappa shape index (κ2) is 13.5. The van der Waals surface area contributed by atoms with E-state index < -0.39 is 30.4 Å². The predicted octanol–water partition coefficient (Wildman–Crippen LogP) is -1.99. The van der Waals surface area contributed by atoms with E-state index in [0.717, 1.165) is 12.8 Å². The lowest BCUT2D eigenvalue weighted by Crippen LogP contribution is -2.48. The van der Waals surface area contributed by atoms with Gasteiger partial charge in [-0.15, -0.1) is 0 Å². The number of hydrogen-bond donors (Lipinski definition) is 4. The third-order valence-corrected chi connectivity index (χ3v) is 5.64. The summed E-state index contributed by atoms with van der Waals surface area (Å²) >= 11 is 0. The van der Waals surface area contributed by atoms with E-state index in [2.05, 4.69) is 0 Å². The number of amides is 1. The van der Waals surface area contributed by atoms with Crippen LogP contribution in [0.2, 0.25) is 0 Å². The number of carbonyl (C=O) groups is 5. The average Bonchev–Trinajstić information content (AvgIpc) is 3.57. The first-order valence-electron chi connectivity index (χ1n) is 11.3. The Labute approximate surface area is 202 Å². The van der Waals surface area contributed by atoms with Gasteiger partial charge in [-0.1, -0.05) is 0 Å². The van der Waals surface area contributed by atoms with Crippen LogP contribution in [0.4, 0.5) is 0 Å². The molecular formula is C21H33N5O9. The maximum Gasteiger partial charge on any atom is 0.323 e. The van der Waals surface area contributed by atoms with Crippen molar-refractivity contribution in [2.24, 2.45) is 0 Å². The van der Waals surface area contributed by atoms with Crippen LogP contribution in [0.3, 0.4) is 0 Å². The van der Waals surface area contributed by atoms with Gasteiger partial charge in [0.15, 0.2) is 0 Å². The van der Waals surface area contributed by atoms with Crippen molar-refractivity contribution in [3.05, 3.63) is 12.4 Å². The van der Waals surface area contributed by atoms with Gasteiger partial charge in [0.05, 0.1) is 13.1 Å². The molecule has 1 heterocycles. The van der Waals surface area contributed by atoms with E-state index in [9.17, 15) is 34.2 Å². The zero-order valence-electron chi connectivity index (χ0n) is 19.5. The van der Waals surface area contributed by atoms with Gasteiger partial charge < -0.3 is 35.1 Å². The van der Waals surface area contributed by atoms with Crippen LogP contribution < -0.4 is 0 Å². The molecule has 0 unspecified atom stereocenters. The van der Waals surface area contributed by atoms with Crippen molar-refractivity contribution in [2.45, 2.75) is 18.9 Å². The van der Waals surface area contributed by atoms with E-state index in [4.69, 9.17) is 10.2 Å². The zero-order chi connectivity index (χ0) is 26.0. The van der Waals surface area contributed by atoms with E-state index in [1.54, 1.807) is 9.80 Å². The number of nitrogens with zero attached hydrogens (tertiary/aromatic N) is 5. The number of carbonyl (C=O) groups excluding carboxylic acids is 1. The minimum absolute atomic E-state index is 0.0829.